The normalized spacial score (nSPS) is 10.4. The molecule has 14 heavy (non-hydrogen) atoms. The van der Waals surface area contributed by atoms with Crippen molar-refractivity contribution in [2.24, 2.45) is 0 Å². The zero-order valence-corrected chi connectivity index (χ0v) is 9.19. The maximum absolute atomic E-state index is 6.03. The van der Waals surface area contributed by atoms with Crippen LogP contribution in [0.5, 0.6) is 0 Å². The number of aryl methyl sites for hydroxylation is 1. The van der Waals surface area contributed by atoms with Crippen LogP contribution in [0.3, 0.4) is 0 Å². The number of hydrogen-bond donors (Lipinski definition) is 1. The molecule has 2 aromatic rings. The van der Waals surface area contributed by atoms with Gasteiger partial charge in [-0.05, 0) is 30.0 Å². The van der Waals surface area contributed by atoms with E-state index in [1.54, 1.807) is 17.5 Å². The van der Waals surface area contributed by atoms with Gasteiger partial charge >= 0.3 is 0 Å². The number of nitrogens with zero attached hydrogens (tertiary/aromatic N) is 1. The molecule has 0 saturated carbocycles. The third-order valence-electron chi connectivity index (χ3n) is 1.93. The first kappa shape index (κ1) is 9.49. The van der Waals surface area contributed by atoms with Gasteiger partial charge < -0.3 is 5.73 Å². The summed E-state index contributed by atoms with van der Waals surface area (Å²) >= 11 is 7.61. The highest BCUT2D eigenvalue weighted by atomic mass is 35.5. The molecular weight excluding hydrogens is 216 g/mol. The van der Waals surface area contributed by atoms with Gasteiger partial charge in [0.2, 0.25) is 0 Å². The topological polar surface area (TPSA) is 38.9 Å². The van der Waals surface area contributed by atoms with E-state index < -0.39 is 0 Å². The van der Waals surface area contributed by atoms with E-state index in [2.05, 4.69) is 4.98 Å². The van der Waals surface area contributed by atoms with Gasteiger partial charge in [-0.3, -0.25) is 4.98 Å². The van der Waals surface area contributed by atoms with Crippen molar-refractivity contribution in [1.82, 2.24) is 4.98 Å². The zero-order valence-electron chi connectivity index (χ0n) is 7.62. The van der Waals surface area contributed by atoms with Crippen molar-refractivity contribution in [2.75, 3.05) is 5.73 Å². The Bertz CT molecular complexity index is 465. The number of rotatable bonds is 1. The van der Waals surface area contributed by atoms with Crippen LogP contribution < -0.4 is 5.73 Å². The Kier molecular flexibility index (Phi) is 2.44. The first-order chi connectivity index (χ1) is 6.68. The molecule has 0 aromatic carbocycles. The van der Waals surface area contributed by atoms with E-state index in [0.717, 1.165) is 21.2 Å². The van der Waals surface area contributed by atoms with Gasteiger partial charge in [-0.1, -0.05) is 11.6 Å². The Morgan fingerprint density at radius 1 is 1.50 bits per heavy atom. The molecule has 0 atom stereocenters. The van der Waals surface area contributed by atoms with E-state index in [-0.39, 0.29) is 0 Å². The predicted octanol–water partition coefficient (Wildman–Crippen LogP) is 3.35. The van der Waals surface area contributed by atoms with Gasteiger partial charge in [-0.25, -0.2) is 0 Å². The molecule has 0 bridgehead atoms. The van der Waals surface area contributed by atoms with Gasteiger partial charge in [-0.2, -0.15) is 0 Å². The maximum Gasteiger partial charge on any atom is 0.0847 e. The number of halogens is 1. The molecule has 2 rings (SSSR count). The van der Waals surface area contributed by atoms with Crippen LogP contribution in [0.15, 0.2) is 23.7 Å². The molecule has 0 unspecified atom stereocenters. The van der Waals surface area contributed by atoms with Crippen LogP contribution >= 0.6 is 22.9 Å². The molecule has 0 fully saturated rings. The maximum atomic E-state index is 6.03. The van der Waals surface area contributed by atoms with E-state index >= 15 is 0 Å². The van der Waals surface area contributed by atoms with Gasteiger partial charge in [0, 0.05) is 0 Å². The minimum absolute atomic E-state index is 0.680. The van der Waals surface area contributed by atoms with Crippen molar-refractivity contribution in [3.05, 3.63) is 34.3 Å². The van der Waals surface area contributed by atoms with Crippen LogP contribution in [0.1, 0.15) is 5.56 Å². The highest BCUT2D eigenvalue weighted by Crippen LogP contribution is 2.33. The minimum Gasteiger partial charge on any atom is -0.397 e. The molecule has 2 heterocycles. The molecule has 0 saturated heterocycles. The number of pyridine rings is 1. The number of hydrogen-bond acceptors (Lipinski definition) is 3. The third-order valence-corrected chi connectivity index (χ3v) is 3.28. The van der Waals surface area contributed by atoms with Crippen LogP contribution in [0.25, 0.3) is 10.6 Å². The van der Waals surface area contributed by atoms with Crippen LogP contribution in [0.4, 0.5) is 5.69 Å². The number of nitrogen functional groups attached to an aromatic ring is 1. The van der Waals surface area contributed by atoms with Crippen LogP contribution in [0.2, 0.25) is 5.02 Å². The lowest BCUT2D eigenvalue weighted by molar-refractivity contribution is 1.29. The average Bonchev–Trinajstić information content (AvgIpc) is 2.52. The molecule has 0 spiro atoms. The van der Waals surface area contributed by atoms with Crippen molar-refractivity contribution < 1.29 is 0 Å². The first-order valence-electron chi connectivity index (χ1n) is 4.14. The summed E-state index contributed by atoms with van der Waals surface area (Å²) < 4.78 is 0. The van der Waals surface area contributed by atoms with Crippen molar-refractivity contribution in [2.45, 2.75) is 6.92 Å². The van der Waals surface area contributed by atoms with Crippen LogP contribution in [0, 0.1) is 6.92 Å². The van der Waals surface area contributed by atoms with Gasteiger partial charge in [0.1, 0.15) is 0 Å². The number of thiophene rings is 1. The molecule has 4 heteroatoms. The summed E-state index contributed by atoms with van der Waals surface area (Å²) in [6, 6.07) is 3.78. The van der Waals surface area contributed by atoms with Crippen molar-refractivity contribution in [1.29, 1.82) is 0 Å². The molecule has 72 valence electrons. The van der Waals surface area contributed by atoms with Gasteiger partial charge in [-0.15, -0.1) is 11.3 Å². The third kappa shape index (κ3) is 1.61. The van der Waals surface area contributed by atoms with Crippen LogP contribution in [-0.2, 0) is 0 Å². The van der Waals surface area contributed by atoms with E-state index in [9.17, 15) is 0 Å². The first-order valence-corrected chi connectivity index (χ1v) is 5.39. The van der Waals surface area contributed by atoms with E-state index in [4.69, 9.17) is 17.3 Å². The molecule has 0 radical (unpaired) electrons. The fourth-order valence-electron chi connectivity index (χ4n) is 1.30. The standard InChI is InChI=1S/C10H9ClN2S/c1-6-4-7(12)5-13-9(6)10-8(11)2-3-14-10/h2-5H,12H2,1H3. The van der Waals surface area contributed by atoms with Crippen molar-refractivity contribution in [3.8, 4) is 10.6 Å². The lowest BCUT2D eigenvalue weighted by Crippen LogP contribution is -1.91. The molecular formula is C10H9ClN2S. The smallest absolute Gasteiger partial charge is 0.0847 e. The van der Waals surface area contributed by atoms with E-state index in [1.165, 1.54) is 0 Å². The van der Waals surface area contributed by atoms with Gasteiger partial charge in [0.25, 0.3) is 0 Å². The predicted molar refractivity (Wildman–Crippen MR) is 61.7 cm³/mol. The van der Waals surface area contributed by atoms with Gasteiger partial charge in [0.15, 0.2) is 0 Å². The Labute approximate surface area is 91.4 Å². The van der Waals surface area contributed by atoms with Crippen LogP contribution in [-0.4, -0.2) is 4.98 Å². The van der Waals surface area contributed by atoms with Gasteiger partial charge in [0.05, 0.1) is 27.5 Å². The molecule has 0 aliphatic rings. The molecule has 0 aliphatic carbocycles. The summed E-state index contributed by atoms with van der Waals surface area (Å²) in [6.07, 6.45) is 1.65. The summed E-state index contributed by atoms with van der Waals surface area (Å²) in [6.45, 7) is 1.98. The summed E-state index contributed by atoms with van der Waals surface area (Å²) in [7, 11) is 0. The van der Waals surface area contributed by atoms with Crippen molar-refractivity contribution in [3.63, 3.8) is 0 Å². The summed E-state index contributed by atoms with van der Waals surface area (Å²) in [4.78, 5) is 5.29. The fourth-order valence-corrected chi connectivity index (χ4v) is 2.50. The quantitative estimate of drug-likeness (QED) is 0.807. The highest BCUT2D eigenvalue weighted by Gasteiger charge is 2.09. The second kappa shape index (κ2) is 3.59. The minimum atomic E-state index is 0.680. The summed E-state index contributed by atoms with van der Waals surface area (Å²) in [5.41, 5.74) is 8.27. The van der Waals surface area contributed by atoms with Crippen molar-refractivity contribution >= 4 is 28.6 Å². The molecule has 2 nitrogen and oxygen atoms in total. The molecule has 0 amide bonds. The Morgan fingerprint density at radius 2 is 2.29 bits per heavy atom. The monoisotopic (exact) mass is 224 g/mol. The molecule has 2 N–H and O–H groups in total. The SMILES string of the molecule is Cc1cc(N)cnc1-c1sccc1Cl. The largest absolute Gasteiger partial charge is 0.397 e. The van der Waals surface area contributed by atoms with E-state index in [0.29, 0.717) is 5.69 Å². The Balaban J connectivity index is 2.58. The molecule has 0 aliphatic heterocycles. The number of anilines is 1. The number of nitrogens with two attached hydrogens (primary N) is 1. The Hall–Kier alpha value is -1.06. The fraction of sp³-hybridized carbons (Fsp3) is 0.100. The second-order valence-electron chi connectivity index (χ2n) is 3.03. The second-order valence-corrected chi connectivity index (χ2v) is 4.36. The lowest BCUT2D eigenvalue weighted by atomic mass is 10.2. The summed E-state index contributed by atoms with van der Waals surface area (Å²) in [5.74, 6) is 0. The Morgan fingerprint density at radius 3 is 2.86 bits per heavy atom. The molecule has 2 aromatic heterocycles. The lowest BCUT2D eigenvalue weighted by Gasteiger charge is -2.03. The average molecular weight is 225 g/mol. The summed E-state index contributed by atoms with van der Waals surface area (Å²) in [5, 5.41) is 2.70. The van der Waals surface area contributed by atoms with E-state index in [1.807, 2.05) is 24.4 Å². The number of aromatic nitrogens is 1. The highest BCUT2D eigenvalue weighted by molar-refractivity contribution is 7.14. The zero-order chi connectivity index (χ0) is 10.1.